The molecular weight excluding hydrogens is 1740 g/mol. The molecule has 0 aromatic heterocycles. The molecule has 5 N–H and O–H groups in total. The monoisotopic (exact) mass is 1850 g/mol. The number of hydrogen-bond donors (Lipinski definition) is 5. The number of esters is 4. The summed E-state index contributed by atoms with van der Waals surface area (Å²) in [5.74, 6) is 1.38. The Hall–Kier alpha value is -12.4. The van der Waals surface area contributed by atoms with Gasteiger partial charge in [-0.1, -0.05) is 87.6 Å². The highest BCUT2D eigenvalue weighted by molar-refractivity contribution is 7.99. The maximum Gasteiger partial charge on any atom is 0.514 e. The zero-order valence-corrected chi connectivity index (χ0v) is 76.2. The summed E-state index contributed by atoms with van der Waals surface area (Å²) in [5.41, 5.74) is 8.98. The standard InChI is InChI=1S/C52H54N4O12S.C47H46N4O10S.2CH4/c1-26-18-30-19-32-33(22-53)56-34-23-63-49(59)52(31-21-35(61-7)36(20-29(31)16-17-54-52)66-50(60)68-51(3,4)5)24-69-48(42(56)41(55(32)6)38(30)43(58)44(26)62-8)40-39(34)47-46(64-25-65-47)27(2)45(40)67-37(57)15-14-28-12-10-9-11-13-28;1-23-15-27-16-29-30(19-48)51-31-20-58-46(55)47(28-18-33(56-4)32(52)17-26(28)13-14-49-47)21-62-45(39(51)38(50(29)3)35(27)40(54)41(23)57-5)37-36(31)44-43(59-22-60-44)24(2)42(37)61-34(53)12-11-25-9-7-6-8-10-25;;/h9-15,18,20-21,32-34,41-42,48,54,58H,16-17,19,23-25H2,1-8H3;6-12,15,17-18,29-31,38-39,45,49,52,54H,13-14,16,20-22H2,1-5H3;2*1H4/b15-14+;12-11+;;/t32-,33-,34-,41+,42?,48+,52+;29-,30-,31-,38+,39?,45+,47+;;/m00../s1. The molecule has 14 atom stereocenters. The van der Waals surface area contributed by atoms with Gasteiger partial charge in [-0.2, -0.15) is 10.5 Å². The van der Waals surface area contributed by atoms with Gasteiger partial charge in [-0.3, -0.25) is 30.2 Å². The van der Waals surface area contributed by atoms with Crippen LogP contribution in [0, 0.1) is 50.4 Å². The number of nitrogens with zero attached hydrogens (tertiary/aromatic N) is 6. The summed E-state index contributed by atoms with van der Waals surface area (Å²) in [6.07, 6.45) is 7.19. The van der Waals surface area contributed by atoms with Crippen molar-refractivity contribution in [2.75, 3.05) is 93.9 Å². The Morgan fingerprint density at radius 2 is 0.940 bits per heavy atom. The van der Waals surface area contributed by atoms with Crippen molar-refractivity contribution in [3.8, 4) is 92.6 Å². The first-order valence-electron chi connectivity index (χ1n) is 43.6. The van der Waals surface area contributed by atoms with Crippen molar-refractivity contribution in [2.24, 2.45) is 0 Å². The van der Waals surface area contributed by atoms with E-state index in [-0.39, 0.29) is 105 Å². The van der Waals surface area contributed by atoms with E-state index in [0.717, 1.165) is 44.5 Å². The number of aromatic hydroxyl groups is 3. The van der Waals surface area contributed by atoms with Crippen LogP contribution < -0.4 is 62.7 Å². The number of phenols is 3. The number of fused-ring (bicyclic) bond motifs is 18. The molecule has 0 amide bonds. The number of aryl methyl sites for hydroxylation is 2. The lowest BCUT2D eigenvalue weighted by molar-refractivity contribution is -0.158. The second-order valence-corrected chi connectivity index (χ2v) is 38.1. The Bertz CT molecular complexity index is 6210. The Balaban J connectivity index is 0.000000184. The first-order chi connectivity index (χ1) is 63.1. The van der Waals surface area contributed by atoms with Crippen molar-refractivity contribution in [1.82, 2.24) is 30.2 Å². The van der Waals surface area contributed by atoms with Crippen LogP contribution in [0.2, 0.25) is 0 Å². The molecule has 696 valence electrons. The molecular formula is C101H108N8O22S2. The van der Waals surface area contributed by atoms with Crippen molar-refractivity contribution < 1.29 is 106 Å². The van der Waals surface area contributed by atoms with Gasteiger partial charge >= 0.3 is 30.0 Å². The zero-order chi connectivity index (χ0) is 91.9. The minimum Gasteiger partial charge on any atom is -0.504 e. The van der Waals surface area contributed by atoms with Crippen LogP contribution in [0.3, 0.4) is 0 Å². The van der Waals surface area contributed by atoms with Crippen LogP contribution in [0.5, 0.6) is 80.5 Å². The third-order valence-corrected chi connectivity index (χ3v) is 30.7. The number of rotatable bonds is 11. The third kappa shape index (κ3) is 15.1. The Labute approximate surface area is 780 Å². The molecule has 2 spiro atoms. The van der Waals surface area contributed by atoms with E-state index in [2.05, 4.69) is 42.4 Å². The number of likely N-dealkylation sites (N-methyl/N-ethyl adjacent to an activating group) is 2. The number of phenolic OH excluding ortho intramolecular Hbond substituents is 3. The number of hydrogen-bond acceptors (Lipinski definition) is 32. The summed E-state index contributed by atoms with van der Waals surface area (Å²) in [4.78, 5) is 79.9. The van der Waals surface area contributed by atoms with E-state index < -0.39 is 106 Å². The SMILES string of the molecule is C.C.COc1cc2c(cc1O)CCN[C@]21CS[C@@H]2c3c(OC(=O)/C=C/c4ccccc4)c(C)c4c(c3[C@H](COC1=O)N1C2[C@H]2c3c(cc(C)c(OC)c3O)C[C@@H]([C@@H]1C#N)N2C)OCO4.COc1cc2c(cc1OC(=O)OC(C)(C)C)CCN[C@]21CS[C@@H]2c3c(OC(=O)/C=C/c4ccccc4)c(C)c4c(c3[C@H](COC1=O)N1C2[C@H]2c3c(cc(C)c(OC)c3O)C[C@@H]([C@@H]1C#N)N2C)OCO4. The zero-order valence-electron chi connectivity index (χ0n) is 74.6. The molecule has 32 heteroatoms. The number of nitriles is 2. The molecule has 0 radical (unpaired) electrons. The number of thioether (sulfide) groups is 2. The van der Waals surface area contributed by atoms with Gasteiger partial charge in [-0.15, -0.1) is 23.5 Å². The molecule has 4 fully saturated rings. The summed E-state index contributed by atoms with van der Waals surface area (Å²) >= 11 is 2.92. The number of piperazine rings is 2. The predicted molar refractivity (Wildman–Crippen MR) is 494 cm³/mol. The van der Waals surface area contributed by atoms with Gasteiger partial charge in [-0.25, -0.2) is 24.0 Å². The highest BCUT2D eigenvalue weighted by Gasteiger charge is 2.65. The summed E-state index contributed by atoms with van der Waals surface area (Å²) < 4.78 is 85.2. The van der Waals surface area contributed by atoms with Crippen LogP contribution in [-0.4, -0.2) is 201 Å². The Morgan fingerprint density at radius 3 is 1.35 bits per heavy atom. The largest absolute Gasteiger partial charge is 0.514 e. The molecule has 4 saturated heterocycles. The Morgan fingerprint density at radius 1 is 0.519 bits per heavy atom. The molecule has 30 nitrogen and oxygen atoms in total. The maximum absolute atomic E-state index is 15.2. The van der Waals surface area contributed by atoms with Crippen molar-refractivity contribution >= 4 is 65.7 Å². The maximum atomic E-state index is 15.2. The quantitative estimate of drug-likeness (QED) is 0.0264. The highest BCUT2D eigenvalue weighted by atomic mass is 32.2. The second-order valence-electron chi connectivity index (χ2n) is 35.9. The highest BCUT2D eigenvalue weighted by Crippen LogP contribution is 2.68. The van der Waals surface area contributed by atoms with Crippen LogP contribution in [0.15, 0.2) is 109 Å². The lowest BCUT2D eigenvalue weighted by Gasteiger charge is -2.62. The van der Waals surface area contributed by atoms with Crippen molar-refractivity contribution in [3.63, 3.8) is 0 Å². The fraction of sp³-hybridized carbons (Fsp3) is 0.416. The number of methoxy groups -OCH3 is 4. The number of benzene rings is 8. The predicted octanol–water partition coefficient (Wildman–Crippen LogP) is 14.2. The summed E-state index contributed by atoms with van der Waals surface area (Å²) in [6, 6.07) is 29.0. The molecule has 14 aliphatic rings. The van der Waals surface area contributed by atoms with Crippen molar-refractivity contribution in [1.29, 1.82) is 10.5 Å². The van der Waals surface area contributed by atoms with Crippen molar-refractivity contribution in [3.05, 3.63) is 209 Å². The van der Waals surface area contributed by atoms with E-state index in [1.54, 1.807) is 57.2 Å². The van der Waals surface area contributed by atoms with Gasteiger partial charge in [0, 0.05) is 105 Å². The van der Waals surface area contributed by atoms with Gasteiger partial charge in [-0.05, 0) is 180 Å². The average Bonchev–Trinajstić information content (AvgIpc) is 1.55. The van der Waals surface area contributed by atoms with Gasteiger partial charge in [0.15, 0.2) is 80.1 Å². The minimum atomic E-state index is -1.48. The van der Waals surface area contributed by atoms with E-state index in [0.29, 0.717) is 135 Å². The second kappa shape index (κ2) is 35.9. The third-order valence-electron chi connectivity index (χ3n) is 27.8. The molecule has 2 unspecified atom stereocenters. The van der Waals surface area contributed by atoms with Gasteiger partial charge in [0.2, 0.25) is 13.6 Å². The lowest BCUT2D eigenvalue weighted by atomic mass is 9.71. The van der Waals surface area contributed by atoms with E-state index >= 15 is 4.79 Å². The topological polar surface area (TPSA) is 360 Å². The van der Waals surface area contributed by atoms with Gasteiger partial charge in [0.1, 0.15) is 42.4 Å². The summed E-state index contributed by atoms with van der Waals surface area (Å²) in [7, 11) is 9.95. The van der Waals surface area contributed by atoms with E-state index in [4.69, 9.17) is 66.3 Å². The van der Waals surface area contributed by atoms with Gasteiger partial charge in [0.25, 0.3) is 0 Å². The summed E-state index contributed by atoms with van der Waals surface area (Å²) in [6.45, 7) is 12.8. The first kappa shape index (κ1) is 92.5. The number of carbonyl (C=O) groups is 5. The van der Waals surface area contributed by atoms with Crippen molar-refractivity contribution in [2.45, 2.75) is 177 Å². The first-order valence-corrected chi connectivity index (χ1v) is 45.7. The van der Waals surface area contributed by atoms with E-state index in [1.807, 2.05) is 115 Å². The van der Waals surface area contributed by atoms with Gasteiger partial charge < -0.3 is 81.6 Å². The van der Waals surface area contributed by atoms with Crippen LogP contribution in [0.1, 0.15) is 170 Å². The van der Waals surface area contributed by atoms with Crippen LogP contribution >= 0.6 is 23.5 Å². The molecule has 8 aromatic rings. The van der Waals surface area contributed by atoms with Crippen LogP contribution in [-0.2, 0) is 70.1 Å². The number of ether oxygens (including phenoxy) is 14. The fourth-order valence-corrected chi connectivity index (χ4v) is 25.6. The summed E-state index contributed by atoms with van der Waals surface area (Å²) in [5, 5.41) is 63.7. The molecule has 133 heavy (non-hydrogen) atoms. The Kier molecular flexibility index (Phi) is 24.9. The molecule has 0 aliphatic carbocycles. The smallest absolute Gasteiger partial charge is 0.504 e. The molecule has 8 aromatic carbocycles. The number of nitrogens with one attached hydrogen (secondary N) is 2. The molecule has 8 bridgehead atoms. The van der Waals surface area contributed by atoms with Gasteiger partial charge in [0.05, 0.1) is 75.2 Å². The molecule has 22 rings (SSSR count). The molecule has 0 saturated carbocycles. The van der Waals surface area contributed by atoms with Crippen LogP contribution in [0.4, 0.5) is 4.79 Å². The van der Waals surface area contributed by atoms with Crippen LogP contribution in [0.25, 0.3) is 12.2 Å². The lowest BCUT2D eigenvalue weighted by Crippen LogP contribution is -2.69. The number of carbonyl (C=O) groups excluding carboxylic acids is 5. The molecule has 14 heterocycles. The van der Waals surface area contributed by atoms with E-state index in [9.17, 15) is 45.0 Å². The molecule has 14 aliphatic heterocycles. The average molecular weight is 1850 g/mol. The minimum absolute atomic E-state index is 0. The van der Waals surface area contributed by atoms with E-state index in [1.165, 1.54) is 64.1 Å². The fourth-order valence-electron chi connectivity index (χ4n) is 22.2. The normalized spacial score (nSPS) is 25.9.